The molecule has 0 bridgehead atoms. The van der Waals surface area contributed by atoms with E-state index in [0.717, 1.165) is 50.3 Å². The summed E-state index contributed by atoms with van der Waals surface area (Å²) in [5, 5.41) is 0.698. The van der Waals surface area contributed by atoms with Crippen molar-refractivity contribution in [1.82, 2.24) is 14.9 Å². The second kappa shape index (κ2) is 9.70. The molecule has 1 aliphatic heterocycles. The molecule has 0 unspecified atom stereocenters. The lowest BCUT2D eigenvalue weighted by Crippen LogP contribution is -2.37. The SMILES string of the molecule is CN(CCc1ccccn1)C(=O)CC[C@@H]1CCCN(c2ncccc2Cl)C1. The monoisotopic (exact) mass is 386 g/mol. The largest absolute Gasteiger partial charge is 0.355 e. The Hall–Kier alpha value is -2.14. The number of halogens is 1. The Balaban J connectivity index is 1.44. The van der Waals surface area contributed by atoms with Crippen LogP contribution < -0.4 is 4.90 Å². The summed E-state index contributed by atoms with van der Waals surface area (Å²) in [6, 6.07) is 9.62. The summed E-state index contributed by atoms with van der Waals surface area (Å²) in [4.78, 5) is 25.3. The van der Waals surface area contributed by atoms with Gasteiger partial charge in [-0.3, -0.25) is 9.78 Å². The molecule has 144 valence electrons. The highest BCUT2D eigenvalue weighted by Crippen LogP contribution is 2.29. The summed E-state index contributed by atoms with van der Waals surface area (Å²) in [5.74, 6) is 1.58. The molecule has 3 heterocycles. The lowest BCUT2D eigenvalue weighted by atomic mass is 9.93. The molecule has 1 fully saturated rings. The van der Waals surface area contributed by atoms with Crippen LogP contribution in [0.25, 0.3) is 0 Å². The first kappa shape index (κ1) is 19.6. The van der Waals surface area contributed by atoms with Gasteiger partial charge in [-0.2, -0.15) is 0 Å². The van der Waals surface area contributed by atoms with Crippen molar-refractivity contribution in [1.29, 1.82) is 0 Å². The van der Waals surface area contributed by atoms with E-state index >= 15 is 0 Å². The van der Waals surface area contributed by atoms with E-state index in [1.54, 1.807) is 12.4 Å². The standard InChI is InChI=1S/C21H27ClN4O/c1-25(15-11-18-7-2-3-12-23-18)20(27)10-9-17-6-5-14-26(16-17)21-19(22)8-4-13-24-21/h2-4,7-8,12-13,17H,5-6,9-11,14-16H2,1H3/t17-/m0/s1. The summed E-state index contributed by atoms with van der Waals surface area (Å²) in [7, 11) is 1.88. The molecule has 5 nitrogen and oxygen atoms in total. The third kappa shape index (κ3) is 5.67. The van der Waals surface area contributed by atoms with E-state index in [2.05, 4.69) is 14.9 Å². The van der Waals surface area contributed by atoms with E-state index in [4.69, 9.17) is 11.6 Å². The van der Waals surface area contributed by atoms with Crippen molar-refractivity contribution in [2.75, 3.05) is 31.6 Å². The smallest absolute Gasteiger partial charge is 0.222 e. The molecule has 27 heavy (non-hydrogen) atoms. The first-order valence-corrected chi connectivity index (χ1v) is 10.0. The Labute approximate surface area is 166 Å². The maximum atomic E-state index is 12.5. The summed E-state index contributed by atoms with van der Waals surface area (Å²) in [6.45, 7) is 2.60. The Morgan fingerprint density at radius 1 is 1.26 bits per heavy atom. The van der Waals surface area contributed by atoms with Crippen LogP contribution in [0.15, 0.2) is 42.7 Å². The van der Waals surface area contributed by atoms with Gasteiger partial charge in [0.05, 0.1) is 5.02 Å². The van der Waals surface area contributed by atoms with Crippen molar-refractivity contribution >= 4 is 23.3 Å². The van der Waals surface area contributed by atoms with Crippen molar-refractivity contribution in [3.63, 3.8) is 0 Å². The zero-order valence-electron chi connectivity index (χ0n) is 15.9. The maximum absolute atomic E-state index is 12.5. The number of anilines is 1. The summed E-state index contributed by atoms with van der Waals surface area (Å²) in [6.07, 6.45) is 8.14. The number of nitrogens with zero attached hydrogens (tertiary/aromatic N) is 4. The predicted octanol–water partition coefficient (Wildman–Crippen LogP) is 3.83. The molecule has 0 saturated carbocycles. The zero-order valence-corrected chi connectivity index (χ0v) is 16.6. The molecule has 1 aliphatic rings. The van der Waals surface area contributed by atoms with Gasteiger partial charge in [-0.25, -0.2) is 4.98 Å². The summed E-state index contributed by atoms with van der Waals surface area (Å²) >= 11 is 6.29. The third-order valence-corrected chi connectivity index (χ3v) is 5.47. The van der Waals surface area contributed by atoms with E-state index in [0.29, 0.717) is 23.9 Å². The molecule has 0 aromatic carbocycles. The number of likely N-dealkylation sites (N-methyl/N-ethyl adjacent to an activating group) is 1. The quantitative estimate of drug-likeness (QED) is 0.725. The molecular formula is C21H27ClN4O. The lowest BCUT2D eigenvalue weighted by Gasteiger charge is -2.34. The van der Waals surface area contributed by atoms with Crippen LogP contribution in [-0.2, 0) is 11.2 Å². The number of pyridine rings is 2. The van der Waals surface area contributed by atoms with Crippen molar-refractivity contribution < 1.29 is 4.79 Å². The maximum Gasteiger partial charge on any atom is 0.222 e. The highest BCUT2D eigenvalue weighted by molar-refractivity contribution is 6.32. The average Bonchev–Trinajstić information content (AvgIpc) is 2.71. The van der Waals surface area contributed by atoms with Crippen LogP contribution >= 0.6 is 11.6 Å². The van der Waals surface area contributed by atoms with Gasteiger partial charge in [-0.1, -0.05) is 17.7 Å². The van der Waals surface area contributed by atoms with Gasteiger partial charge in [0, 0.05) is 57.6 Å². The minimum atomic E-state index is 0.207. The fourth-order valence-corrected chi connectivity index (χ4v) is 3.82. The topological polar surface area (TPSA) is 49.3 Å². The number of hydrogen-bond donors (Lipinski definition) is 0. The van der Waals surface area contributed by atoms with Crippen molar-refractivity contribution in [3.05, 3.63) is 53.4 Å². The van der Waals surface area contributed by atoms with E-state index in [-0.39, 0.29) is 5.91 Å². The molecule has 0 N–H and O–H groups in total. The number of piperidine rings is 1. The molecule has 0 spiro atoms. The van der Waals surface area contributed by atoms with E-state index in [9.17, 15) is 4.79 Å². The van der Waals surface area contributed by atoms with Crippen molar-refractivity contribution in [2.24, 2.45) is 5.92 Å². The summed E-state index contributed by atoms with van der Waals surface area (Å²) < 4.78 is 0. The van der Waals surface area contributed by atoms with Crippen LogP contribution in [0.1, 0.15) is 31.4 Å². The molecule has 1 saturated heterocycles. The van der Waals surface area contributed by atoms with Crippen LogP contribution in [0.2, 0.25) is 5.02 Å². The van der Waals surface area contributed by atoms with Gasteiger partial charge in [-0.15, -0.1) is 0 Å². The minimum absolute atomic E-state index is 0.207. The van der Waals surface area contributed by atoms with E-state index in [1.807, 2.05) is 42.3 Å². The van der Waals surface area contributed by atoms with Crippen LogP contribution in [0.3, 0.4) is 0 Å². The van der Waals surface area contributed by atoms with Gasteiger partial charge >= 0.3 is 0 Å². The van der Waals surface area contributed by atoms with E-state index in [1.165, 1.54) is 0 Å². The normalized spacial score (nSPS) is 17.0. The predicted molar refractivity (Wildman–Crippen MR) is 109 cm³/mol. The number of amides is 1. The van der Waals surface area contributed by atoms with Gasteiger partial charge < -0.3 is 9.80 Å². The molecule has 2 aromatic heterocycles. The van der Waals surface area contributed by atoms with Crippen LogP contribution in [-0.4, -0.2) is 47.5 Å². The zero-order chi connectivity index (χ0) is 19.1. The Morgan fingerprint density at radius 3 is 2.89 bits per heavy atom. The number of rotatable bonds is 7. The minimum Gasteiger partial charge on any atom is -0.355 e. The molecule has 0 radical (unpaired) electrons. The highest BCUT2D eigenvalue weighted by Gasteiger charge is 2.23. The third-order valence-electron chi connectivity index (χ3n) is 5.18. The Bertz CT molecular complexity index is 740. The number of hydrogen-bond acceptors (Lipinski definition) is 4. The fourth-order valence-electron chi connectivity index (χ4n) is 3.57. The molecule has 2 aromatic rings. The Kier molecular flexibility index (Phi) is 7.04. The molecule has 0 aliphatic carbocycles. The second-order valence-electron chi connectivity index (χ2n) is 7.19. The van der Waals surface area contributed by atoms with Crippen LogP contribution in [0.5, 0.6) is 0 Å². The van der Waals surface area contributed by atoms with Gasteiger partial charge in [0.25, 0.3) is 0 Å². The first-order valence-electron chi connectivity index (χ1n) is 9.63. The van der Waals surface area contributed by atoms with Gasteiger partial charge in [0.2, 0.25) is 5.91 Å². The lowest BCUT2D eigenvalue weighted by molar-refractivity contribution is -0.130. The van der Waals surface area contributed by atoms with Gasteiger partial charge in [0.15, 0.2) is 0 Å². The van der Waals surface area contributed by atoms with Crippen LogP contribution in [0.4, 0.5) is 5.82 Å². The molecular weight excluding hydrogens is 360 g/mol. The second-order valence-corrected chi connectivity index (χ2v) is 7.60. The highest BCUT2D eigenvalue weighted by atomic mass is 35.5. The van der Waals surface area contributed by atoms with Crippen LogP contribution in [0, 0.1) is 5.92 Å². The fraction of sp³-hybridized carbons (Fsp3) is 0.476. The van der Waals surface area contributed by atoms with Gasteiger partial charge in [0.1, 0.15) is 5.82 Å². The first-order chi connectivity index (χ1) is 13.1. The average molecular weight is 387 g/mol. The number of carbonyl (C=O) groups is 1. The van der Waals surface area contributed by atoms with E-state index < -0.39 is 0 Å². The van der Waals surface area contributed by atoms with Crippen molar-refractivity contribution in [3.8, 4) is 0 Å². The molecule has 3 rings (SSSR count). The summed E-state index contributed by atoms with van der Waals surface area (Å²) in [5.41, 5.74) is 1.02. The number of carbonyl (C=O) groups excluding carboxylic acids is 1. The molecule has 6 heteroatoms. The van der Waals surface area contributed by atoms with Gasteiger partial charge in [-0.05, 0) is 49.4 Å². The molecule has 1 amide bonds. The van der Waals surface area contributed by atoms with Crippen molar-refractivity contribution in [2.45, 2.75) is 32.1 Å². The molecule has 1 atom stereocenters. The Morgan fingerprint density at radius 2 is 2.11 bits per heavy atom. The number of aromatic nitrogens is 2.